The largest absolute Gasteiger partial charge is 0.327 e. The Labute approximate surface area is 185 Å². The van der Waals surface area contributed by atoms with Crippen molar-refractivity contribution in [3.63, 3.8) is 0 Å². The van der Waals surface area contributed by atoms with E-state index in [1.165, 1.54) is 0 Å². The van der Waals surface area contributed by atoms with Crippen molar-refractivity contribution < 1.29 is 4.79 Å². The van der Waals surface area contributed by atoms with Crippen LogP contribution >= 0.6 is 0 Å². The van der Waals surface area contributed by atoms with Crippen molar-refractivity contribution in [3.8, 4) is 5.69 Å². The number of hydrogen-bond donors (Lipinski definition) is 1. The topological polar surface area (TPSA) is 83.9 Å². The zero-order valence-corrected chi connectivity index (χ0v) is 18.2. The van der Waals surface area contributed by atoms with Crippen LogP contribution < -0.4 is 5.56 Å². The Morgan fingerprint density at radius 3 is 2.56 bits per heavy atom. The number of carbonyl (C=O) groups excluding carboxylic acids is 1. The van der Waals surface area contributed by atoms with Crippen molar-refractivity contribution in [2.24, 2.45) is 0 Å². The molecule has 2 aromatic heterocycles. The molecule has 162 valence electrons. The summed E-state index contributed by atoms with van der Waals surface area (Å²) >= 11 is 0. The van der Waals surface area contributed by atoms with Crippen LogP contribution in [0.2, 0.25) is 0 Å². The summed E-state index contributed by atoms with van der Waals surface area (Å²) < 4.78 is 1.74. The van der Waals surface area contributed by atoms with E-state index in [-0.39, 0.29) is 24.1 Å². The van der Waals surface area contributed by atoms with Crippen LogP contribution in [0.25, 0.3) is 16.6 Å². The average Bonchev–Trinajstić information content (AvgIpc) is 3.56. The number of rotatable bonds is 6. The second-order valence-corrected chi connectivity index (χ2v) is 8.53. The van der Waals surface area contributed by atoms with Crippen molar-refractivity contribution >= 4 is 16.8 Å². The molecule has 1 amide bonds. The summed E-state index contributed by atoms with van der Waals surface area (Å²) in [4.78, 5) is 35.4. The van der Waals surface area contributed by atoms with Crippen LogP contribution in [-0.2, 0) is 6.54 Å². The molecule has 0 bridgehead atoms. The Hall–Kier alpha value is -3.74. The fourth-order valence-corrected chi connectivity index (χ4v) is 3.90. The molecule has 0 spiro atoms. The predicted octanol–water partition coefficient (Wildman–Crippen LogP) is 4.04. The van der Waals surface area contributed by atoms with Crippen LogP contribution in [0.15, 0.2) is 65.5 Å². The number of fused-ring (bicyclic) bond motifs is 1. The molecule has 5 rings (SSSR count). The van der Waals surface area contributed by atoms with Crippen molar-refractivity contribution in [3.05, 3.63) is 88.2 Å². The minimum Gasteiger partial charge on any atom is -0.327 e. The van der Waals surface area contributed by atoms with Gasteiger partial charge in [0.25, 0.3) is 11.5 Å². The molecule has 1 aliphatic rings. The SMILES string of the molecule is CC(C)N(Cc1nc2ccccc2c(=O)[nH]1)C(=O)c1cc(C2CC2)nn1-c1ccccc1. The van der Waals surface area contributed by atoms with E-state index < -0.39 is 0 Å². The molecule has 1 saturated carbocycles. The number of aromatic nitrogens is 4. The van der Waals surface area contributed by atoms with Gasteiger partial charge >= 0.3 is 0 Å². The van der Waals surface area contributed by atoms with E-state index in [1.807, 2.05) is 68.4 Å². The molecular formula is C25H25N5O2. The summed E-state index contributed by atoms with van der Waals surface area (Å²) in [6.07, 6.45) is 2.21. The van der Waals surface area contributed by atoms with Crippen LogP contribution in [0.3, 0.4) is 0 Å². The number of amides is 1. The van der Waals surface area contributed by atoms with E-state index in [0.717, 1.165) is 24.2 Å². The second-order valence-electron chi connectivity index (χ2n) is 8.53. The van der Waals surface area contributed by atoms with E-state index in [0.29, 0.717) is 28.3 Å². The number of hydrogen-bond acceptors (Lipinski definition) is 4. The lowest BCUT2D eigenvalue weighted by Crippen LogP contribution is -2.38. The molecule has 0 radical (unpaired) electrons. The third kappa shape index (κ3) is 3.82. The standard InChI is InChI=1S/C25H25N5O2/c1-16(2)29(15-23-26-20-11-7-6-10-19(20)24(31)27-23)25(32)22-14-21(17-12-13-17)28-30(22)18-8-4-3-5-9-18/h3-11,14,16-17H,12-13,15H2,1-2H3,(H,26,27,31). The van der Waals surface area contributed by atoms with Gasteiger partial charge in [-0.3, -0.25) is 9.59 Å². The van der Waals surface area contributed by atoms with Gasteiger partial charge in [0, 0.05) is 12.0 Å². The lowest BCUT2D eigenvalue weighted by atomic mass is 10.2. The van der Waals surface area contributed by atoms with Crippen LogP contribution in [0, 0.1) is 0 Å². The fraction of sp³-hybridized carbons (Fsp3) is 0.280. The normalized spacial score (nSPS) is 13.6. The van der Waals surface area contributed by atoms with Crippen molar-refractivity contribution in [1.82, 2.24) is 24.6 Å². The molecule has 0 unspecified atom stereocenters. The minimum atomic E-state index is -0.202. The highest BCUT2D eigenvalue weighted by molar-refractivity contribution is 5.93. The van der Waals surface area contributed by atoms with Gasteiger partial charge in [0.1, 0.15) is 11.5 Å². The Bertz CT molecular complexity index is 1340. The van der Waals surface area contributed by atoms with Crippen LogP contribution in [-0.4, -0.2) is 36.6 Å². The van der Waals surface area contributed by atoms with Crippen molar-refractivity contribution in [1.29, 1.82) is 0 Å². The smallest absolute Gasteiger partial charge is 0.273 e. The molecule has 1 fully saturated rings. The number of H-pyrrole nitrogens is 1. The molecule has 2 aromatic carbocycles. The molecule has 4 aromatic rings. The van der Waals surface area contributed by atoms with Gasteiger partial charge < -0.3 is 9.88 Å². The number of para-hydroxylation sites is 2. The van der Waals surface area contributed by atoms with Crippen LogP contribution in [0.5, 0.6) is 0 Å². The number of nitrogens with one attached hydrogen (secondary N) is 1. The van der Waals surface area contributed by atoms with Gasteiger partial charge in [0.05, 0.1) is 28.8 Å². The Morgan fingerprint density at radius 1 is 1.12 bits per heavy atom. The Kier molecular flexibility index (Phi) is 5.09. The fourth-order valence-electron chi connectivity index (χ4n) is 3.90. The highest BCUT2D eigenvalue weighted by Crippen LogP contribution is 2.40. The van der Waals surface area contributed by atoms with Gasteiger partial charge in [-0.25, -0.2) is 9.67 Å². The van der Waals surface area contributed by atoms with E-state index in [9.17, 15) is 9.59 Å². The van der Waals surface area contributed by atoms with Gasteiger partial charge in [-0.15, -0.1) is 0 Å². The minimum absolute atomic E-state index is 0.0947. The lowest BCUT2D eigenvalue weighted by Gasteiger charge is -2.26. The number of benzene rings is 2. The lowest BCUT2D eigenvalue weighted by molar-refractivity contribution is 0.0675. The van der Waals surface area contributed by atoms with Gasteiger partial charge in [0.2, 0.25) is 0 Å². The summed E-state index contributed by atoms with van der Waals surface area (Å²) in [5.74, 6) is 0.750. The molecule has 0 atom stereocenters. The Balaban J connectivity index is 1.52. The first-order valence-corrected chi connectivity index (χ1v) is 11.0. The number of carbonyl (C=O) groups is 1. The first-order valence-electron chi connectivity index (χ1n) is 11.0. The Morgan fingerprint density at radius 2 is 1.84 bits per heavy atom. The number of nitrogens with zero attached hydrogens (tertiary/aromatic N) is 4. The molecule has 2 heterocycles. The van der Waals surface area contributed by atoms with Crippen LogP contribution in [0.4, 0.5) is 0 Å². The first-order chi connectivity index (χ1) is 15.5. The first kappa shape index (κ1) is 20.2. The molecule has 0 saturated heterocycles. The monoisotopic (exact) mass is 427 g/mol. The third-order valence-corrected chi connectivity index (χ3v) is 5.81. The molecule has 0 aliphatic heterocycles. The van der Waals surface area contributed by atoms with E-state index >= 15 is 0 Å². The summed E-state index contributed by atoms with van der Waals surface area (Å²) in [6.45, 7) is 4.12. The quantitative estimate of drug-likeness (QED) is 0.503. The maximum atomic E-state index is 13.7. The maximum Gasteiger partial charge on any atom is 0.273 e. The third-order valence-electron chi connectivity index (χ3n) is 5.81. The predicted molar refractivity (Wildman–Crippen MR) is 123 cm³/mol. The van der Waals surface area contributed by atoms with E-state index in [4.69, 9.17) is 5.10 Å². The number of aromatic amines is 1. The van der Waals surface area contributed by atoms with Crippen LogP contribution in [0.1, 0.15) is 54.6 Å². The van der Waals surface area contributed by atoms with E-state index in [1.54, 1.807) is 15.6 Å². The summed E-state index contributed by atoms with van der Waals surface area (Å²) in [5.41, 5.74) is 2.75. The van der Waals surface area contributed by atoms with Gasteiger partial charge in [-0.05, 0) is 57.0 Å². The highest BCUT2D eigenvalue weighted by Gasteiger charge is 2.31. The van der Waals surface area contributed by atoms with E-state index in [2.05, 4.69) is 9.97 Å². The van der Waals surface area contributed by atoms with Gasteiger partial charge in [-0.1, -0.05) is 30.3 Å². The molecule has 7 heteroatoms. The molecule has 32 heavy (non-hydrogen) atoms. The van der Waals surface area contributed by atoms with Crippen molar-refractivity contribution in [2.45, 2.75) is 45.2 Å². The van der Waals surface area contributed by atoms with Crippen molar-refractivity contribution in [2.75, 3.05) is 0 Å². The van der Waals surface area contributed by atoms with Gasteiger partial charge in [0.15, 0.2) is 0 Å². The summed E-state index contributed by atoms with van der Waals surface area (Å²) in [7, 11) is 0. The summed E-state index contributed by atoms with van der Waals surface area (Å²) in [6, 6.07) is 18.7. The second kappa shape index (κ2) is 8.07. The molecule has 1 N–H and O–H groups in total. The highest BCUT2D eigenvalue weighted by atomic mass is 16.2. The average molecular weight is 428 g/mol. The maximum absolute atomic E-state index is 13.7. The molecular weight excluding hydrogens is 402 g/mol. The molecule has 1 aliphatic carbocycles. The zero-order chi connectivity index (χ0) is 22.2. The molecule has 7 nitrogen and oxygen atoms in total. The summed E-state index contributed by atoms with van der Waals surface area (Å²) in [5, 5.41) is 5.30. The zero-order valence-electron chi connectivity index (χ0n) is 18.2. The van der Waals surface area contributed by atoms with Gasteiger partial charge in [-0.2, -0.15) is 5.10 Å².